The van der Waals surface area contributed by atoms with Gasteiger partial charge in [0.25, 0.3) is 0 Å². The fourth-order valence-corrected chi connectivity index (χ4v) is 4.16. The molecule has 2 aromatic rings. The molecule has 0 N–H and O–H groups in total. The first-order valence-corrected chi connectivity index (χ1v) is 9.17. The third-order valence-corrected chi connectivity index (χ3v) is 5.52. The molecule has 5 heteroatoms. The number of rotatable bonds is 3. The Kier molecular flexibility index (Phi) is 3.91. The Morgan fingerprint density at radius 1 is 1.26 bits per heavy atom. The summed E-state index contributed by atoms with van der Waals surface area (Å²) in [6.45, 7) is 5.53. The Balaban J connectivity index is 1.53. The largest absolute Gasteiger partial charge is 0.311 e. The van der Waals surface area contributed by atoms with Crippen LogP contribution in [0.4, 0.5) is 5.69 Å². The van der Waals surface area contributed by atoms with Gasteiger partial charge in [-0.05, 0) is 57.0 Å². The molecule has 0 bridgehead atoms. The summed E-state index contributed by atoms with van der Waals surface area (Å²) in [6.07, 6.45) is 3.39. The van der Waals surface area contributed by atoms with E-state index in [1.54, 1.807) is 11.3 Å². The van der Waals surface area contributed by atoms with Gasteiger partial charge in [-0.25, -0.2) is 4.98 Å². The molecule has 2 aliphatic rings. The molecule has 0 unspecified atom stereocenters. The summed E-state index contributed by atoms with van der Waals surface area (Å²) in [6, 6.07) is 6.38. The number of fused-ring (bicyclic) bond motifs is 1. The summed E-state index contributed by atoms with van der Waals surface area (Å²) in [5.41, 5.74) is 4.55. The number of aryl methyl sites for hydroxylation is 1. The topological polar surface area (TPSA) is 36.4 Å². The van der Waals surface area contributed by atoms with Gasteiger partial charge in [-0.3, -0.25) is 9.69 Å². The molecule has 0 atom stereocenters. The molecule has 4 nitrogen and oxygen atoms in total. The first-order valence-electron chi connectivity index (χ1n) is 8.29. The first kappa shape index (κ1) is 14.8. The maximum absolute atomic E-state index is 12.6. The highest BCUT2D eigenvalue weighted by atomic mass is 32.1. The van der Waals surface area contributed by atoms with Crippen LogP contribution in [0.5, 0.6) is 0 Å². The van der Waals surface area contributed by atoms with Crippen molar-refractivity contribution in [3.05, 3.63) is 34.2 Å². The molecule has 1 saturated heterocycles. The minimum atomic E-state index is 0.239. The van der Waals surface area contributed by atoms with Crippen LogP contribution in [0.1, 0.15) is 23.4 Å². The third kappa shape index (κ3) is 2.91. The normalized spacial score (nSPS) is 17.7. The zero-order valence-corrected chi connectivity index (χ0v) is 14.2. The lowest BCUT2D eigenvalue weighted by Crippen LogP contribution is -2.38. The first-order chi connectivity index (χ1) is 11.2. The van der Waals surface area contributed by atoms with Gasteiger partial charge in [0.15, 0.2) is 0 Å². The zero-order valence-electron chi connectivity index (χ0n) is 13.4. The zero-order chi connectivity index (χ0) is 15.8. The van der Waals surface area contributed by atoms with Crippen molar-refractivity contribution >= 4 is 22.9 Å². The minimum Gasteiger partial charge on any atom is -0.311 e. The van der Waals surface area contributed by atoms with Crippen LogP contribution in [0, 0.1) is 6.92 Å². The van der Waals surface area contributed by atoms with Crippen LogP contribution in [-0.4, -0.2) is 42.0 Å². The number of aromatic nitrogens is 1. The van der Waals surface area contributed by atoms with E-state index in [0.29, 0.717) is 6.54 Å². The second-order valence-corrected chi connectivity index (χ2v) is 7.44. The SMILES string of the molecule is Cc1nc(-c2ccc3c(c2)CCN3C(=O)CN2CCCC2)cs1. The van der Waals surface area contributed by atoms with E-state index < -0.39 is 0 Å². The van der Waals surface area contributed by atoms with E-state index >= 15 is 0 Å². The monoisotopic (exact) mass is 327 g/mol. The summed E-state index contributed by atoms with van der Waals surface area (Å²) in [7, 11) is 0. The van der Waals surface area contributed by atoms with Gasteiger partial charge in [0.1, 0.15) is 0 Å². The number of hydrogen-bond acceptors (Lipinski definition) is 4. The highest BCUT2D eigenvalue weighted by Gasteiger charge is 2.27. The molecule has 0 spiro atoms. The molecule has 1 amide bonds. The number of thiazole rings is 1. The van der Waals surface area contributed by atoms with Gasteiger partial charge in [-0.15, -0.1) is 11.3 Å². The minimum absolute atomic E-state index is 0.239. The van der Waals surface area contributed by atoms with Gasteiger partial charge >= 0.3 is 0 Å². The average Bonchev–Trinajstić information content (AvgIpc) is 3.26. The van der Waals surface area contributed by atoms with Crippen molar-refractivity contribution in [1.29, 1.82) is 0 Å². The molecule has 1 fully saturated rings. The quantitative estimate of drug-likeness (QED) is 0.869. The standard InChI is InChI=1S/C18H21N3OS/c1-13-19-16(12-23-13)14-4-5-17-15(10-14)6-9-21(17)18(22)11-20-7-2-3-8-20/h4-5,10,12H,2-3,6-9,11H2,1H3. The molecule has 4 rings (SSSR count). The number of carbonyl (C=O) groups excluding carboxylic acids is 1. The smallest absolute Gasteiger partial charge is 0.241 e. The van der Waals surface area contributed by atoms with Gasteiger partial charge in [-0.2, -0.15) is 0 Å². The van der Waals surface area contributed by atoms with Crippen molar-refractivity contribution in [2.45, 2.75) is 26.2 Å². The molecule has 3 heterocycles. The van der Waals surface area contributed by atoms with Crippen LogP contribution < -0.4 is 4.90 Å². The van der Waals surface area contributed by atoms with Crippen molar-refractivity contribution < 1.29 is 4.79 Å². The predicted octanol–water partition coefficient (Wildman–Crippen LogP) is 3.10. The van der Waals surface area contributed by atoms with Crippen LogP contribution in [-0.2, 0) is 11.2 Å². The molecule has 0 radical (unpaired) electrons. The molecule has 1 aromatic carbocycles. The Hall–Kier alpha value is -1.72. The van der Waals surface area contributed by atoms with Crippen molar-refractivity contribution in [2.24, 2.45) is 0 Å². The summed E-state index contributed by atoms with van der Waals surface area (Å²) in [5.74, 6) is 0.239. The number of hydrogen-bond donors (Lipinski definition) is 0. The Labute approximate surface area is 140 Å². The van der Waals surface area contributed by atoms with Crippen LogP contribution in [0.15, 0.2) is 23.6 Å². The van der Waals surface area contributed by atoms with Crippen LogP contribution in [0.3, 0.4) is 0 Å². The van der Waals surface area contributed by atoms with Crippen molar-refractivity contribution in [3.63, 3.8) is 0 Å². The fourth-order valence-electron chi connectivity index (χ4n) is 3.53. The van der Waals surface area contributed by atoms with E-state index in [-0.39, 0.29) is 5.91 Å². The Morgan fingerprint density at radius 3 is 2.83 bits per heavy atom. The second kappa shape index (κ2) is 6.06. The van der Waals surface area contributed by atoms with E-state index in [2.05, 4.69) is 33.5 Å². The highest BCUT2D eigenvalue weighted by Crippen LogP contribution is 2.33. The van der Waals surface area contributed by atoms with Crippen LogP contribution >= 0.6 is 11.3 Å². The van der Waals surface area contributed by atoms with Crippen LogP contribution in [0.25, 0.3) is 11.3 Å². The maximum atomic E-state index is 12.6. The Morgan fingerprint density at radius 2 is 2.09 bits per heavy atom. The molecule has 1 aromatic heterocycles. The van der Waals surface area contributed by atoms with Crippen molar-refractivity contribution in [2.75, 3.05) is 31.1 Å². The van der Waals surface area contributed by atoms with E-state index in [0.717, 1.165) is 48.0 Å². The number of likely N-dealkylation sites (tertiary alicyclic amines) is 1. The third-order valence-electron chi connectivity index (χ3n) is 4.75. The van der Waals surface area contributed by atoms with E-state index in [1.807, 2.05) is 11.8 Å². The average molecular weight is 327 g/mol. The highest BCUT2D eigenvalue weighted by molar-refractivity contribution is 7.09. The fraction of sp³-hybridized carbons (Fsp3) is 0.444. The van der Waals surface area contributed by atoms with Gasteiger partial charge < -0.3 is 4.90 Å². The maximum Gasteiger partial charge on any atom is 0.241 e. The number of carbonyl (C=O) groups is 1. The van der Waals surface area contributed by atoms with Crippen molar-refractivity contribution in [3.8, 4) is 11.3 Å². The summed E-state index contributed by atoms with van der Waals surface area (Å²) >= 11 is 1.67. The molecule has 23 heavy (non-hydrogen) atoms. The lowest BCUT2D eigenvalue weighted by molar-refractivity contribution is -0.119. The number of anilines is 1. The summed E-state index contributed by atoms with van der Waals surface area (Å²) in [5, 5.41) is 3.19. The van der Waals surface area contributed by atoms with Gasteiger partial charge in [0.2, 0.25) is 5.91 Å². The van der Waals surface area contributed by atoms with E-state index in [1.165, 1.54) is 18.4 Å². The number of amides is 1. The van der Waals surface area contributed by atoms with E-state index in [4.69, 9.17) is 0 Å². The summed E-state index contributed by atoms with van der Waals surface area (Å²) < 4.78 is 0. The molecule has 120 valence electrons. The number of benzene rings is 1. The molecule has 2 aliphatic heterocycles. The molecular weight excluding hydrogens is 306 g/mol. The molecular formula is C18H21N3OS. The van der Waals surface area contributed by atoms with Crippen LogP contribution in [0.2, 0.25) is 0 Å². The lowest BCUT2D eigenvalue weighted by atomic mass is 10.1. The van der Waals surface area contributed by atoms with Gasteiger partial charge in [0.05, 0.1) is 17.2 Å². The second-order valence-electron chi connectivity index (χ2n) is 6.37. The number of nitrogens with zero attached hydrogens (tertiary/aromatic N) is 3. The lowest BCUT2D eigenvalue weighted by Gasteiger charge is -2.21. The van der Waals surface area contributed by atoms with Crippen molar-refractivity contribution in [1.82, 2.24) is 9.88 Å². The summed E-state index contributed by atoms with van der Waals surface area (Å²) in [4.78, 5) is 21.4. The molecule has 0 saturated carbocycles. The van der Waals surface area contributed by atoms with Gasteiger partial charge in [0, 0.05) is 23.2 Å². The Bertz CT molecular complexity index is 734. The molecule has 0 aliphatic carbocycles. The van der Waals surface area contributed by atoms with E-state index in [9.17, 15) is 4.79 Å². The van der Waals surface area contributed by atoms with Gasteiger partial charge in [-0.1, -0.05) is 6.07 Å². The predicted molar refractivity (Wildman–Crippen MR) is 94.0 cm³/mol.